The number of rotatable bonds is 13. The van der Waals surface area contributed by atoms with E-state index >= 15 is 0 Å². The molecule has 0 heterocycles. The third kappa shape index (κ3) is 9.80. The van der Waals surface area contributed by atoms with Crippen molar-refractivity contribution in [3.63, 3.8) is 0 Å². The van der Waals surface area contributed by atoms with Crippen LogP contribution in [0.2, 0.25) is 0 Å². The number of ether oxygens (including phenoxy) is 1. The summed E-state index contributed by atoms with van der Waals surface area (Å²) in [5.41, 5.74) is 1.32. The van der Waals surface area contributed by atoms with Crippen molar-refractivity contribution in [3.8, 4) is 11.5 Å². The van der Waals surface area contributed by atoms with Crippen LogP contribution >= 0.6 is 0 Å². The molecule has 0 aliphatic rings. The first-order valence-corrected chi connectivity index (χ1v) is 10.2. The molecule has 2 rings (SSSR count). The fraction of sp³-hybridized carbons (Fsp3) is 0.500. The van der Waals surface area contributed by atoms with E-state index in [4.69, 9.17) is 4.74 Å². The number of para-hydroxylation sites is 2. The average Bonchev–Trinajstić information content (AvgIpc) is 2.65. The normalized spacial score (nSPS) is 10.3. The Balaban J connectivity index is 0.00000338. The van der Waals surface area contributed by atoms with Gasteiger partial charge in [-0.1, -0.05) is 101 Å². The molecule has 0 saturated heterocycles. The van der Waals surface area contributed by atoms with Gasteiger partial charge in [-0.25, -0.2) is 0 Å². The molecule has 0 N–H and O–H groups in total. The van der Waals surface area contributed by atoms with Crippen LogP contribution in [-0.4, -0.2) is 29.6 Å². The zero-order chi connectivity index (χ0) is 17.6. The van der Waals surface area contributed by atoms with Gasteiger partial charge in [0.25, 0.3) is 0 Å². The summed E-state index contributed by atoms with van der Waals surface area (Å²) in [6.07, 6.45) is 14.9. The monoisotopic (exact) mass is 361 g/mol. The van der Waals surface area contributed by atoms with Crippen LogP contribution in [0.25, 0.3) is 0 Å². The zero-order valence-corrected chi connectivity index (χ0v) is 18.9. The smallest absolute Gasteiger partial charge is 0.130 e. The van der Waals surface area contributed by atoms with E-state index in [0.29, 0.717) is 0 Å². The fourth-order valence-electron chi connectivity index (χ4n) is 3.23. The molecule has 1 nitrogen and oxygen atoms in total. The fourth-order valence-corrected chi connectivity index (χ4v) is 3.23. The summed E-state index contributed by atoms with van der Waals surface area (Å²) >= 11 is 0. The molecule has 0 amide bonds. The van der Waals surface area contributed by atoms with Crippen LogP contribution in [0.5, 0.6) is 11.5 Å². The first-order chi connectivity index (χ1) is 12.4. The zero-order valence-electron chi connectivity index (χ0n) is 16.9. The van der Waals surface area contributed by atoms with Gasteiger partial charge in [0.1, 0.15) is 11.5 Å². The second-order valence-corrected chi connectivity index (χ2v) is 6.95. The van der Waals surface area contributed by atoms with Gasteiger partial charge in [0.2, 0.25) is 0 Å². The number of aryl methyl sites for hydroxylation is 1. The first kappa shape index (κ1) is 23.3. The number of benzene rings is 2. The molecule has 26 heavy (non-hydrogen) atoms. The topological polar surface area (TPSA) is 9.23 Å². The molecular weight excluding hydrogens is 327 g/mol. The summed E-state index contributed by atoms with van der Waals surface area (Å²) in [6, 6.07) is 18.5. The molecule has 2 heteroatoms. The Morgan fingerprint density at radius 2 is 1.15 bits per heavy atom. The Hall–Kier alpha value is -0.760. The van der Waals surface area contributed by atoms with E-state index in [1.54, 1.807) is 0 Å². The molecule has 0 spiro atoms. The van der Waals surface area contributed by atoms with Crippen molar-refractivity contribution < 1.29 is 4.74 Å². The summed E-state index contributed by atoms with van der Waals surface area (Å²) in [5, 5.41) is 0. The molecule has 0 saturated carbocycles. The van der Waals surface area contributed by atoms with Crippen LogP contribution in [0, 0.1) is 0 Å². The van der Waals surface area contributed by atoms with E-state index in [2.05, 4.69) is 31.2 Å². The molecule has 137 valence electrons. The molecule has 0 aromatic heterocycles. The van der Waals surface area contributed by atoms with Crippen molar-refractivity contribution in [1.29, 1.82) is 0 Å². The van der Waals surface area contributed by atoms with Gasteiger partial charge in [0, 0.05) is 29.6 Å². The van der Waals surface area contributed by atoms with Crippen molar-refractivity contribution in [2.45, 2.75) is 77.6 Å². The molecule has 2 aromatic rings. The van der Waals surface area contributed by atoms with E-state index in [-0.39, 0.29) is 29.6 Å². The maximum atomic E-state index is 6.05. The maximum Gasteiger partial charge on any atom is 0.130 e. The van der Waals surface area contributed by atoms with Crippen molar-refractivity contribution in [1.82, 2.24) is 0 Å². The van der Waals surface area contributed by atoms with Crippen molar-refractivity contribution in [2.75, 3.05) is 0 Å². The summed E-state index contributed by atoms with van der Waals surface area (Å²) in [4.78, 5) is 0. The van der Waals surface area contributed by atoms with E-state index in [1.165, 1.54) is 69.8 Å². The van der Waals surface area contributed by atoms with E-state index < -0.39 is 0 Å². The molecule has 0 unspecified atom stereocenters. The molecule has 2 aromatic carbocycles. The minimum absolute atomic E-state index is 0. The van der Waals surface area contributed by atoms with Crippen LogP contribution < -0.4 is 4.74 Å². The Morgan fingerprint density at radius 1 is 0.615 bits per heavy atom. The van der Waals surface area contributed by atoms with Crippen LogP contribution in [0.4, 0.5) is 0 Å². The summed E-state index contributed by atoms with van der Waals surface area (Å²) in [5.74, 6) is 1.92. The number of hydrogen-bond donors (Lipinski definition) is 0. The predicted octanol–water partition coefficient (Wildman–Crippen LogP) is 7.56. The predicted molar refractivity (Wildman–Crippen MR) is 114 cm³/mol. The van der Waals surface area contributed by atoms with Gasteiger partial charge in [-0.3, -0.25) is 0 Å². The van der Waals surface area contributed by atoms with Crippen LogP contribution in [-0.2, 0) is 6.42 Å². The quantitative estimate of drug-likeness (QED) is 0.264. The van der Waals surface area contributed by atoms with Gasteiger partial charge in [0.15, 0.2) is 0 Å². The molecule has 0 aliphatic carbocycles. The Kier molecular flexibility index (Phi) is 13.7. The minimum atomic E-state index is 0. The minimum Gasteiger partial charge on any atom is -0.457 e. The SMILES string of the molecule is CCCCCCCCCCCCc1ccccc1Oc1ccccc1.[Na]. The number of unbranched alkanes of at least 4 members (excludes halogenated alkanes) is 9. The van der Waals surface area contributed by atoms with E-state index in [1.807, 2.05) is 30.3 Å². The third-order valence-corrected chi connectivity index (χ3v) is 4.74. The van der Waals surface area contributed by atoms with Crippen LogP contribution in [0.3, 0.4) is 0 Å². The standard InChI is InChI=1S/C24H34O.Na/c1-2-3-4-5-6-7-8-9-10-12-17-22-18-15-16-21-24(22)25-23-19-13-11-14-20-23;/h11,13-16,18-21H,2-10,12,17H2,1H3;. The second-order valence-electron chi connectivity index (χ2n) is 6.95. The average molecular weight is 362 g/mol. The molecule has 0 fully saturated rings. The van der Waals surface area contributed by atoms with Gasteiger partial charge in [-0.15, -0.1) is 0 Å². The molecule has 1 radical (unpaired) electrons. The Morgan fingerprint density at radius 3 is 1.81 bits per heavy atom. The van der Waals surface area contributed by atoms with Gasteiger partial charge in [-0.05, 0) is 36.6 Å². The van der Waals surface area contributed by atoms with E-state index in [9.17, 15) is 0 Å². The summed E-state index contributed by atoms with van der Waals surface area (Å²) in [7, 11) is 0. The summed E-state index contributed by atoms with van der Waals surface area (Å²) < 4.78 is 6.05. The maximum absolute atomic E-state index is 6.05. The van der Waals surface area contributed by atoms with Crippen molar-refractivity contribution in [2.24, 2.45) is 0 Å². The Labute approximate surface area is 182 Å². The summed E-state index contributed by atoms with van der Waals surface area (Å²) in [6.45, 7) is 2.28. The van der Waals surface area contributed by atoms with Crippen LogP contribution in [0.15, 0.2) is 54.6 Å². The van der Waals surface area contributed by atoms with Gasteiger partial charge in [0.05, 0.1) is 0 Å². The number of hydrogen-bond acceptors (Lipinski definition) is 1. The second kappa shape index (κ2) is 15.3. The largest absolute Gasteiger partial charge is 0.457 e. The van der Waals surface area contributed by atoms with Gasteiger partial charge < -0.3 is 4.74 Å². The van der Waals surface area contributed by atoms with E-state index in [0.717, 1.165) is 17.9 Å². The molecule has 0 aliphatic heterocycles. The van der Waals surface area contributed by atoms with Crippen molar-refractivity contribution in [3.05, 3.63) is 60.2 Å². The molecule has 0 bridgehead atoms. The van der Waals surface area contributed by atoms with Gasteiger partial charge >= 0.3 is 0 Å². The third-order valence-electron chi connectivity index (χ3n) is 4.74. The Bertz CT molecular complexity index is 567. The molecular formula is C24H34NaO. The van der Waals surface area contributed by atoms with Crippen molar-refractivity contribution >= 4 is 29.6 Å². The molecule has 0 atom stereocenters. The van der Waals surface area contributed by atoms with Crippen LogP contribution in [0.1, 0.15) is 76.7 Å². The van der Waals surface area contributed by atoms with Gasteiger partial charge in [-0.2, -0.15) is 0 Å². The first-order valence-electron chi connectivity index (χ1n) is 10.2.